The Balaban J connectivity index is 1.93. The minimum absolute atomic E-state index is 0.0107. The highest BCUT2D eigenvalue weighted by atomic mass is 32.1. The second-order valence-corrected chi connectivity index (χ2v) is 6.09. The Bertz CT molecular complexity index is 373. The van der Waals surface area contributed by atoms with Crippen molar-refractivity contribution in [2.45, 2.75) is 44.6 Å². The number of aryl methyl sites for hydroxylation is 2. The maximum atomic E-state index is 5.60. The molecule has 1 aromatic heterocycles. The van der Waals surface area contributed by atoms with Crippen LogP contribution in [0, 0.1) is 0 Å². The van der Waals surface area contributed by atoms with Crippen LogP contribution in [0.2, 0.25) is 0 Å². The van der Waals surface area contributed by atoms with Gasteiger partial charge in [0, 0.05) is 11.5 Å². The molecule has 2 heterocycles. The van der Waals surface area contributed by atoms with Crippen LogP contribution in [0.25, 0.3) is 0 Å². The lowest BCUT2D eigenvalue weighted by Gasteiger charge is -2.25. The van der Waals surface area contributed by atoms with Gasteiger partial charge >= 0.3 is 0 Å². The largest absolute Gasteiger partial charge is 0.379 e. The Kier molecular flexibility index (Phi) is 3.19. The van der Waals surface area contributed by atoms with Gasteiger partial charge in [-0.25, -0.2) is 4.98 Å². The Morgan fingerprint density at radius 3 is 3.00 bits per heavy atom. The zero-order valence-corrected chi connectivity index (χ0v) is 11.2. The third kappa shape index (κ3) is 2.02. The number of fused-ring (bicyclic) bond motifs is 1. The number of likely N-dealkylation sites (N-methyl/N-ethyl adjacent to an activating group) is 1. The SMILES string of the molecule is CCNC1(c2nc3c(s2)CCCC3)CCOC1. The van der Waals surface area contributed by atoms with Gasteiger partial charge < -0.3 is 10.1 Å². The molecule has 1 atom stereocenters. The van der Waals surface area contributed by atoms with E-state index in [1.807, 2.05) is 11.3 Å². The van der Waals surface area contributed by atoms with Crippen LogP contribution in [0.4, 0.5) is 0 Å². The fourth-order valence-corrected chi connectivity index (χ4v) is 4.17. The number of ether oxygens (including phenoxy) is 1. The van der Waals surface area contributed by atoms with Crippen molar-refractivity contribution < 1.29 is 4.74 Å². The lowest BCUT2D eigenvalue weighted by molar-refractivity contribution is 0.167. The Hall–Kier alpha value is -0.450. The molecule has 0 radical (unpaired) electrons. The van der Waals surface area contributed by atoms with Crippen LogP contribution in [0.15, 0.2) is 0 Å². The van der Waals surface area contributed by atoms with E-state index in [0.29, 0.717) is 0 Å². The van der Waals surface area contributed by atoms with Crippen LogP contribution in [-0.4, -0.2) is 24.7 Å². The molecular formula is C13H20N2OS. The van der Waals surface area contributed by atoms with Crippen molar-refractivity contribution in [3.8, 4) is 0 Å². The maximum Gasteiger partial charge on any atom is 0.116 e. The number of hydrogen-bond donors (Lipinski definition) is 1. The number of hydrogen-bond acceptors (Lipinski definition) is 4. The highest BCUT2D eigenvalue weighted by molar-refractivity contribution is 7.11. The van der Waals surface area contributed by atoms with Gasteiger partial charge in [0.1, 0.15) is 5.01 Å². The van der Waals surface area contributed by atoms with Crippen molar-refractivity contribution in [1.82, 2.24) is 10.3 Å². The van der Waals surface area contributed by atoms with Gasteiger partial charge in [-0.15, -0.1) is 11.3 Å². The van der Waals surface area contributed by atoms with Gasteiger partial charge in [0.25, 0.3) is 0 Å². The fraction of sp³-hybridized carbons (Fsp3) is 0.769. The smallest absolute Gasteiger partial charge is 0.116 e. The average molecular weight is 252 g/mol. The van der Waals surface area contributed by atoms with Crippen molar-refractivity contribution in [3.63, 3.8) is 0 Å². The monoisotopic (exact) mass is 252 g/mol. The first-order valence-corrected chi connectivity index (χ1v) is 7.47. The molecule has 0 bridgehead atoms. The van der Waals surface area contributed by atoms with Crippen LogP contribution in [0.3, 0.4) is 0 Å². The van der Waals surface area contributed by atoms with Crippen LogP contribution in [0.1, 0.15) is 41.8 Å². The minimum Gasteiger partial charge on any atom is -0.379 e. The number of rotatable bonds is 3. The van der Waals surface area contributed by atoms with Gasteiger partial charge in [-0.3, -0.25) is 0 Å². The maximum absolute atomic E-state index is 5.60. The number of nitrogens with zero attached hydrogens (tertiary/aromatic N) is 1. The predicted octanol–water partition coefficient (Wildman–Crippen LogP) is 2.25. The second-order valence-electron chi connectivity index (χ2n) is 5.01. The van der Waals surface area contributed by atoms with E-state index in [0.717, 1.165) is 26.2 Å². The highest BCUT2D eigenvalue weighted by Crippen LogP contribution is 2.36. The summed E-state index contributed by atoms with van der Waals surface area (Å²) in [5.41, 5.74) is 1.37. The minimum atomic E-state index is 0.0107. The van der Waals surface area contributed by atoms with Crippen LogP contribution < -0.4 is 5.32 Å². The molecule has 1 aromatic rings. The molecule has 4 heteroatoms. The number of aromatic nitrogens is 1. The van der Waals surface area contributed by atoms with Gasteiger partial charge in [-0.2, -0.15) is 0 Å². The first-order valence-electron chi connectivity index (χ1n) is 6.66. The fourth-order valence-electron chi connectivity index (χ4n) is 2.84. The predicted molar refractivity (Wildman–Crippen MR) is 69.5 cm³/mol. The summed E-state index contributed by atoms with van der Waals surface area (Å²) in [6, 6.07) is 0. The molecule has 0 spiro atoms. The molecule has 0 amide bonds. The standard InChI is InChI=1S/C13H20N2OS/c1-2-14-13(7-8-16-9-13)12-15-10-5-3-4-6-11(10)17-12/h14H,2-9H2,1H3. The first kappa shape index (κ1) is 11.6. The molecule has 1 saturated heterocycles. The molecule has 1 N–H and O–H groups in total. The average Bonchev–Trinajstić information content (AvgIpc) is 2.95. The lowest BCUT2D eigenvalue weighted by atomic mass is 9.99. The van der Waals surface area contributed by atoms with E-state index in [1.54, 1.807) is 0 Å². The normalized spacial score (nSPS) is 28.3. The van der Waals surface area contributed by atoms with E-state index in [-0.39, 0.29) is 5.54 Å². The molecule has 17 heavy (non-hydrogen) atoms. The van der Waals surface area contributed by atoms with Crippen molar-refractivity contribution in [2.24, 2.45) is 0 Å². The zero-order valence-electron chi connectivity index (χ0n) is 10.4. The second kappa shape index (κ2) is 4.67. The summed E-state index contributed by atoms with van der Waals surface area (Å²) in [4.78, 5) is 6.42. The van der Waals surface area contributed by atoms with E-state index >= 15 is 0 Å². The summed E-state index contributed by atoms with van der Waals surface area (Å²) in [5, 5.41) is 4.87. The third-order valence-corrected chi connectivity index (χ3v) is 5.15. The summed E-state index contributed by atoms with van der Waals surface area (Å²) in [6.07, 6.45) is 6.11. The first-order chi connectivity index (χ1) is 8.34. The summed E-state index contributed by atoms with van der Waals surface area (Å²) in [7, 11) is 0. The van der Waals surface area contributed by atoms with Gasteiger partial charge in [0.2, 0.25) is 0 Å². The van der Waals surface area contributed by atoms with E-state index < -0.39 is 0 Å². The summed E-state index contributed by atoms with van der Waals surface area (Å²) < 4.78 is 5.60. The Morgan fingerprint density at radius 2 is 2.29 bits per heavy atom. The summed E-state index contributed by atoms with van der Waals surface area (Å²) in [5.74, 6) is 0. The Labute approximate surface area is 107 Å². The Morgan fingerprint density at radius 1 is 1.41 bits per heavy atom. The topological polar surface area (TPSA) is 34.2 Å². The van der Waals surface area contributed by atoms with Gasteiger partial charge in [0.15, 0.2) is 0 Å². The molecular weight excluding hydrogens is 232 g/mol. The molecule has 0 saturated carbocycles. The van der Waals surface area contributed by atoms with Crippen LogP contribution in [0.5, 0.6) is 0 Å². The molecule has 1 aliphatic carbocycles. The van der Waals surface area contributed by atoms with Gasteiger partial charge in [-0.1, -0.05) is 6.92 Å². The van der Waals surface area contributed by atoms with E-state index in [2.05, 4.69) is 12.2 Å². The van der Waals surface area contributed by atoms with Crippen molar-refractivity contribution >= 4 is 11.3 Å². The van der Waals surface area contributed by atoms with Crippen molar-refractivity contribution in [2.75, 3.05) is 19.8 Å². The molecule has 94 valence electrons. The third-order valence-electron chi connectivity index (χ3n) is 3.79. The molecule has 1 aliphatic heterocycles. The van der Waals surface area contributed by atoms with E-state index in [4.69, 9.17) is 9.72 Å². The molecule has 3 nitrogen and oxygen atoms in total. The molecule has 2 aliphatic rings. The van der Waals surface area contributed by atoms with Gasteiger partial charge in [0.05, 0.1) is 17.8 Å². The summed E-state index contributed by atoms with van der Waals surface area (Å²) in [6.45, 7) is 4.78. The number of thiazole rings is 1. The lowest BCUT2D eigenvalue weighted by Crippen LogP contribution is -2.42. The van der Waals surface area contributed by atoms with Gasteiger partial charge in [-0.05, 0) is 38.6 Å². The number of nitrogens with one attached hydrogen (secondary N) is 1. The quantitative estimate of drug-likeness (QED) is 0.896. The van der Waals surface area contributed by atoms with Crippen molar-refractivity contribution in [3.05, 3.63) is 15.6 Å². The summed E-state index contributed by atoms with van der Waals surface area (Å²) >= 11 is 1.92. The van der Waals surface area contributed by atoms with Crippen LogP contribution >= 0.6 is 11.3 Å². The highest BCUT2D eigenvalue weighted by Gasteiger charge is 2.39. The molecule has 3 rings (SSSR count). The van der Waals surface area contributed by atoms with E-state index in [1.165, 1.54) is 41.3 Å². The zero-order chi connectivity index (χ0) is 11.7. The van der Waals surface area contributed by atoms with E-state index in [9.17, 15) is 0 Å². The molecule has 1 fully saturated rings. The molecule has 0 aromatic carbocycles. The van der Waals surface area contributed by atoms with Crippen LogP contribution in [-0.2, 0) is 23.1 Å². The van der Waals surface area contributed by atoms with Crippen molar-refractivity contribution in [1.29, 1.82) is 0 Å². The molecule has 1 unspecified atom stereocenters.